The van der Waals surface area contributed by atoms with Gasteiger partial charge in [-0.15, -0.1) is 0 Å². The number of aliphatic imine (C=N–C) groups is 1. The number of benzene rings is 1. The first-order chi connectivity index (χ1) is 10.9. The molecule has 2 aromatic heterocycles. The van der Waals surface area contributed by atoms with E-state index in [1.165, 1.54) is 5.56 Å². The summed E-state index contributed by atoms with van der Waals surface area (Å²) < 4.78 is 5.73. The number of ether oxygens (including phenoxy) is 1. The van der Waals surface area contributed by atoms with E-state index >= 15 is 0 Å². The molecule has 0 N–H and O–H groups in total. The maximum Gasteiger partial charge on any atom is 0.235 e. The Morgan fingerprint density at radius 1 is 1.00 bits per heavy atom. The van der Waals surface area contributed by atoms with E-state index in [2.05, 4.69) is 27.1 Å². The molecule has 3 heterocycles. The molecule has 0 radical (unpaired) electrons. The molecule has 108 valence electrons. The first-order valence-electron chi connectivity index (χ1n) is 7.35. The Bertz CT molecular complexity index is 830. The van der Waals surface area contributed by atoms with E-state index in [-0.39, 0.29) is 6.04 Å². The van der Waals surface area contributed by atoms with Crippen LogP contribution in [0.3, 0.4) is 0 Å². The zero-order valence-electron chi connectivity index (χ0n) is 12.0. The molecular weight excluding hydrogens is 274 g/mol. The highest BCUT2D eigenvalue weighted by Gasteiger charge is 2.21. The maximum absolute atomic E-state index is 5.73. The number of fused-ring (bicyclic) bond motifs is 1. The first-order valence-corrected chi connectivity index (χ1v) is 7.35. The van der Waals surface area contributed by atoms with Gasteiger partial charge in [-0.3, -0.25) is 0 Å². The summed E-state index contributed by atoms with van der Waals surface area (Å²) in [6.45, 7) is 0.603. The molecule has 0 bridgehead atoms. The Morgan fingerprint density at radius 3 is 2.82 bits per heavy atom. The Kier molecular flexibility index (Phi) is 3.27. The van der Waals surface area contributed by atoms with Crippen LogP contribution in [0.25, 0.3) is 11.0 Å². The topological polar surface area (TPSA) is 47.4 Å². The smallest absolute Gasteiger partial charge is 0.235 e. The Balaban J connectivity index is 1.58. The molecule has 4 rings (SSSR count). The number of hydrogen-bond acceptors (Lipinski definition) is 4. The largest absolute Gasteiger partial charge is 0.474 e. The third-order valence-corrected chi connectivity index (χ3v) is 3.71. The highest BCUT2D eigenvalue weighted by Crippen LogP contribution is 2.17. The summed E-state index contributed by atoms with van der Waals surface area (Å²) in [6, 6.07) is 18.3. The van der Waals surface area contributed by atoms with E-state index in [4.69, 9.17) is 4.74 Å². The minimum atomic E-state index is 0.152. The van der Waals surface area contributed by atoms with Crippen LogP contribution in [0.15, 0.2) is 65.8 Å². The van der Waals surface area contributed by atoms with Gasteiger partial charge in [-0.05, 0) is 36.2 Å². The zero-order chi connectivity index (χ0) is 14.8. The van der Waals surface area contributed by atoms with E-state index in [1.54, 1.807) is 6.20 Å². The van der Waals surface area contributed by atoms with E-state index in [0.717, 1.165) is 23.1 Å². The van der Waals surface area contributed by atoms with Gasteiger partial charge < -0.3 is 4.74 Å². The average molecular weight is 289 g/mol. The molecule has 1 aliphatic heterocycles. The first kappa shape index (κ1) is 13.0. The predicted octanol–water partition coefficient (Wildman–Crippen LogP) is 3.02. The molecule has 0 fully saturated rings. The minimum absolute atomic E-state index is 0.152. The van der Waals surface area contributed by atoms with Gasteiger partial charge in [-0.25, -0.2) is 15.0 Å². The van der Waals surface area contributed by atoms with Gasteiger partial charge in [0.2, 0.25) is 5.90 Å². The third-order valence-electron chi connectivity index (χ3n) is 3.71. The Labute approximate surface area is 128 Å². The molecule has 3 aromatic rings. The molecule has 0 saturated carbocycles. The average Bonchev–Trinajstić information content (AvgIpc) is 3.04. The molecule has 0 spiro atoms. The van der Waals surface area contributed by atoms with Crippen LogP contribution in [0.2, 0.25) is 0 Å². The summed E-state index contributed by atoms with van der Waals surface area (Å²) >= 11 is 0. The molecule has 0 unspecified atom stereocenters. The van der Waals surface area contributed by atoms with Crippen LogP contribution in [-0.4, -0.2) is 28.5 Å². The van der Waals surface area contributed by atoms with Crippen molar-refractivity contribution in [3.63, 3.8) is 0 Å². The summed E-state index contributed by atoms with van der Waals surface area (Å²) in [4.78, 5) is 13.5. The molecule has 4 nitrogen and oxygen atoms in total. The van der Waals surface area contributed by atoms with Crippen LogP contribution in [0.5, 0.6) is 0 Å². The van der Waals surface area contributed by atoms with Gasteiger partial charge >= 0.3 is 0 Å². The van der Waals surface area contributed by atoms with E-state index in [0.29, 0.717) is 12.5 Å². The van der Waals surface area contributed by atoms with Crippen LogP contribution in [-0.2, 0) is 11.2 Å². The molecular formula is C18H15N3O. The van der Waals surface area contributed by atoms with Crippen LogP contribution in [0.4, 0.5) is 0 Å². The quantitative estimate of drug-likeness (QED) is 0.744. The second-order valence-corrected chi connectivity index (χ2v) is 5.34. The molecule has 0 saturated heterocycles. The van der Waals surface area contributed by atoms with Gasteiger partial charge in [0.15, 0.2) is 5.65 Å². The van der Waals surface area contributed by atoms with E-state index in [1.807, 2.05) is 42.5 Å². The molecule has 1 aromatic carbocycles. The van der Waals surface area contributed by atoms with Crippen LogP contribution >= 0.6 is 0 Å². The summed E-state index contributed by atoms with van der Waals surface area (Å²) in [5, 5.41) is 1.02. The minimum Gasteiger partial charge on any atom is -0.474 e. The van der Waals surface area contributed by atoms with Gasteiger partial charge in [-0.1, -0.05) is 30.3 Å². The summed E-state index contributed by atoms with van der Waals surface area (Å²) in [5.74, 6) is 0.619. The van der Waals surface area contributed by atoms with Gasteiger partial charge in [-0.2, -0.15) is 0 Å². The molecule has 4 heteroatoms. The predicted molar refractivity (Wildman–Crippen MR) is 86.0 cm³/mol. The second-order valence-electron chi connectivity index (χ2n) is 5.34. The Morgan fingerprint density at radius 2 is 1.91 bits per heavy atom. The fourth-order valence-corrected chi connectivity index (χ4v) is 2.62. The highest BCUT2D eigenvalue weighted by molar-refractivity contribution is 5.95. The number of nitrogens with zero attached hydrogens (tertiary/aromatic N) is 3. The number of rotatable bonds is 3. The van der Waals surface area contributed by atoms with Crippen molar-refractivity contribution in [2.75, 3.05) is 6.61 Å². The van der Waals surface area contributed by atoms with Crippen LogP contribution in [0, 0.1) is 0 Å². The van der Waals surface area contributed by atoms with Crippen molar-refractivity contribution in [3.8, 4) is 0 Å². The standard InChI is InChI=1S/C18H15N3O/c1-2-5-13(6-3-1)11-15-12-22-18(20-15)16-9-8-14-7-4-10-19-17(14)21-16/h1-10,15H,11-12H2/t15-/m1/s1. The van der Waals surface area contributed by atoms with Crippen molar-refractivity contribution in [2.45, 2.75) is 12.5 Å². The van der Waals surface area contributed by atoms with Crippen LogP contribution in [0.1, 0.15) is 11.3 Å². The van der Waals surface area contributed by atoms with Gasteiger partial charge in [0.1, 0.15) is 12.3 Å². The van der Waals surface area contributed by atoms with Crippen LogP contribution < -0.4 is 0 Å². The van der Waals surface area contributed by atoms with E-state index < -0.39 is 0 Å². The molecule has 22 heavy (non-hydrogen) atoms. The highest BCUT2D eigenvalue weighted by atomic mass is 16.5. The molecule has 1 aliphatic rings. The monoisotopic (exact) mass is 289 g/mol. The number of aromatic nitrogens is 2. The van der Waals surface area contributed by atoms with Crippen molar-refractivity contribution in [1.29, 1.82) is 0 Å². The lowest BCUT2D eigenvalue weighted by atomic mass is 10.1. The summed E-state index contributed by atoms with van der Waals surface area (Å²) in [6.07, 6.45) is 2.63. The molecule has 0 aliphatic carbocycles. The van der Waals surface area contributed by atoms with Crippen molar-refractivity contribution in [3.05, 3.63) is 72.1 Å². The third kappa shape index (κ3) is 2.55. The van der Waals surface area contributed by atoms with E-state index in [9.17, 15) is 0 Å². The van der Waals surface area contributed by atoms with Gasteiger partial charge in [0.05, 0.1) is 6.04 Å². The normalized spacial score (nSPS) is 17.3. The lowest BCUT2D eigenvalue weighted by Gasteiger charge is -2.04. The lowest BCUT2D eigenvalue weighted by molar-refractivity contribution is 0.316. The zero-order valence-corrected chi connectivity index (χ0v) is 12.0. The SMILES string of the molecule is c1ccc(C[C@@H]2COC(c3ccc4cccnc4n3)=N2)cc1. The number of hydrogen-bond donors (Lipinski definition) is 0. The fraction of sp³-hybridized carbons (Fsp3) is 0.167. The maximum atomic E-state index is 5.73. The van der Waals surface area contributed by atoms with Gasteiger partial charge in [0.25, 0.3) is 0 Å². The molecule has 0 amide bonds. The molecule has 1 atom stereocenters. The fourth-order valence-electron chi connectivity index (χ4n) is 2.62. The number of pyridine rings is 2. The van der Waals surface area contributed by atoms with Gasteiger partial charge in [0, 0.05) is 11.6 Å². The van der Waals surface area contributed by atoms with Crippen molar-refractivity contribution in [1.82, 2.24) is 9.97 Å². The Hall–Kier alpha value is -2.75. The lowest BCUT2D eigenvalue weighted by Crippen LogP contribution is -2.09. The van der Waals surface area contributed by atoms with Crippen molar-refractivity contribution >= 4 is 16.9 Å². The second kappa shape index (κ2) is 5.56. The van der Waals surface area contributed by atoms with Crippen molar-refractivity contribution < 1.29 is 4.74 Å². The summed E-state index contributed by atoms with van der Waals surface area (Å²) in [5.41, 5.74) is 2.74. The van der Waals surface area contributed by atoms with Crippen molar-refractivity contribution in [2.24, 2.45) is 4.99 Å². The summed E-state index contributed by atoms with van der Waals surface area (Å²) in [7, 11) is 0.